The molecule has 6 heteroatoms. The Bertz CT molecular complexity index is 586. The Balaban J connectivity index is 2.30. The third-order valence-electron chi connectivity index (χ3n) is 2.66. The molecule has 1 aromatic carbocycles. The number of H-pyrrole nitrogens is 1. The number of anilines is 1. The number of nitrogens with one attached hydrogen (secondary N) is 1. The molecule has 2 N–H and O–H groups in total. The van der Waals surface area contributed by atoms with Crippen LogP contribution >= 0.6 is 15.9 Å². The van der Waals surface area contributed by atoms with Crippen molar-refractivity contribution in [3.05, 3.63) is 57.0 Å². The number of halogens is 1. The lowest BCUT2D eigenvalue weighted by Gasteiger charge is -2.23. The van der Waals surface area contributed by atoms with Crippen LogP contribution in [0.2, 0.25) is 0 Å². The lowest BCUT2D eigenvalue weighted by atomic mass is 10.2. The lowest BCUT2D eigenvalue weighted by Crippen LogP contribution is -2.29. The molecule has 0 spiro atoms. The molecule has 0 bridgehead atoms. The van der Waals surface area contributed by atoms with E-state index < -0.39 is 0 Å². The maximum atomic E-state index is 11.6. The van der Waals surface area contributed by atoms with Crippen molar-refractivity contribution in [2.75, 3.05) is 18.1 Å². The van der Waals surface area contributed by atoms with Crippen molar-refractivity contribution in [3.8, 4) is 0 Å². The highest BCUT2D eigenvalue weighted by molar-refractivity contribution is 9.10. The second kappa shape index (κ2) is 6.49. The first-order chi connectivity index (χ1) is 9.22. The average molecular weight is 324 g/mol. The van der Waals surface area contributed by atoms with Crippen LogP contribution in [-0.4, -0.2) is 28.2 Å². The largest absolute Gasteiger partial charge is 0.395 e. The molecule has 0 aliphatic heterocycles. The van der Waals surface area contributed by atoms with Crippen LogP contribution in [0.4, 0.5) is 5.82 Å². The lowest BCUT2D eigenvalue weighted by molar-refractivity contribution is 0.301. The van der Waals surface area contributed by atoms with Gasteiger partial charge in [-0.25, -0.2) is 4.98 Å². The van der Waals surface area contributed by atoms with Gasteiger partial charge in [0.15, 0.2) is 5.82 Å². The Kier molecular flexibility index (Phi) is 4.70. The minimum Gasteiger partial charge on any atom is -0.395 e. The van der Waals surface area contributed by atoms with E-state index in [0.717, 1.165) is 5.56 Å². The van der Waals surface area contributed by atoms with Crippen LogP contribution in [0.3, 0.4) is 0 Å². The van der Waals surface area contributed by atoms with E-state index >= 15 is 0 Å². The third kappa shape index (κ3) is 3.42. The smallest absolute Gasteiger partial charge is 0.267 e. The number of aromatic nitrogens is 2. The summed E-state index contributed by atoms with van der Waals surface area (Å²) in [4.78, 5) is 20.1. The van der Waals surface area contributed by atoms with Gasteiger partial charge >= 0.3 is 0 Å². The molecule has 0 saturated carbocycles. The average Bonchev–Trinajstić information content (AvgIpc) is 2.43. The number of hydrogen-bond acceptors (Lipinski definition) is 4. The van der Waals surface area contributed by atoms with E-state index in [-0.39, 0.29) is 12.2 Å². The van der Waals surface area contributed by atoms with Crippen LogP contribution in [0.25, 0.3) is 0 Å². The summed E-state index contributed by atoms with van der Waals surface area (Å²) in [6.07, 6.45) is 1.36. The number of aliphatic hydroxyl groups excluding tert-OH is 1. The van der Waals surface area contributed by atoms with Crippen molar-refractivity contribution in [1.29, 1.82) is 0 Å². The molecular formula is C13H14BrN3O2. The predicted octanol–water partition coefficient (Wildman–Crippen LogP) is 1.53. The first kappa shape index (κ1) is 13.8. The van der Waals surface area contributed by atoms with Gasteiger partial charge in [0.05, 0.1) is 12.9 Å². The predicted molar refractivity (Wildman–Crippen MR) is 77.1 cm³/mol. The Morgan fingerprint density at radius 3 is 2.74 bits per heavy atom. The molecular weight excluding hydrogens is 310 g/mol. The van der Waals surface area contributed by atoms with Gasteiger partial charge in [0.1, 0.15) is 4.47 Å². The Morgan fingerprint density at radius 1 is 1.32 bits per heavy atom. The molecule has 0 fully saturated rings. The summed E-state index contributed by atoms with van der Waals surface area (Å²) in [6, 6.07) is 9.83. The Labute approximate surface area is 119 Å². The van der Waals surface area contributed by atoms with Crippen molar-refractivity contribution < 1.29 is 5.11 Å². The summed E-state index contributed by atoms with van der Waals surface area (Å²) < 4.78 is 0.374. The zero-order valence-corrected chi connectivity index (χ0v) is 11.8. The minimum atomic E-state index is -0.235. The molecule has 19 heavy (non-hydrogen) atoms. The molecule has 1 heterocycles. The van der Waals surface area contributed by atoms with Gasteiger partial charge in [-0.1, -0.05) is 30.3 Å². The molecule has 0 radical (unpaired) electrons. The fourth-order valence-corrected chi connectivity index (χ4v) is 2.25. The van der Waals surface area contributed by atoms with Crippen molar-refractivity contribution in [2.24, 2.45) is 0 Å². The second-order valence-corrected chi connectivity index (χ2v) is 4.79. The molecule has 100 valence electrons. The van der Waals surface area contributed by atoms with Gasteiger partial charge in [-0.3, -0.25) is 4.79 Å². The summed E-state index contributed by atoms with van der Waals surface area (Å²) in [5.74, 6) is 0.529. The van der Waals surface area contributed by atoms with Crippen LogP contribution in [-0.2, 0) is 6.54 Å². The fourth-order valence-electron chi connectivity index (χ4n) is 1.78. The summed E-state index contributed by atoms with van der Waals surface area (Å²) >= 11 is 3.23. The minimum absolute atomic E-state index is 0.00620. The highest BCUT2D eigenvalue weighted by Crippen LogP contribution is 2.20. The van der Waals surface area contributed by atoms with Gasteiger partial charge < -0.3 is 15.0 Å². The second-order valence-electron chi connectivity index (χ2n) is 4.00. The van der Waals surface area contributed by atoms with Gasteiger partial charge in [-0.05, 0) is 21.5 Å². The topological polar surface area (TPSA) is 69.2 Å². The quantitative estimate of drug-likeness (QED) is 0.875. The Morgan fingerprint density at radius 2 is 2.05 bits per heavy atom. The van der Waals surface area contributed by atoms with Crippen molar-refractivity contribution >= 4 is 21.7 Å². The molecule has 0 amide bonds. The maximum Gasteiger partial charge on any atom is 0.267 e. The monoisotopic (exact) mass is 323 g/mol. The number of aromatic amines is 1. The summed E-state index contributed by atoms with van der Waals surface area (Å²) in [7, 11) is 0. The van der Waals surface area contributed by atoms with Crippen LogP contribution in [0.5, 0.6) is 0 Å². The van der Waals surface area contributed by atoms with Crippen LogP contribution in [0.15, 0.2) is 45.9 Å². The van der Waals surface area contributed by atoms with Crippen LogP contribution < -0.4 is 10.5 Å². The number of aliphatic hydroxyl groups is 1. The molecule has 1 aromatic heterocycles. The summed E-state index contributed by atoms with van der Waals surface area (Å²) in [6.45, 7) is 0.980. The van der Waals surface area contributed by atoms with Crippen molar-refractivity contribution in [1.82, 2.24) is 9.97 Å². The van der Waals surface area contributed by atoms with Crippen molar-refractivity contribution in [2.45, 2.75) is 6.54 Å². The number of hydrogen-bond donors (Lipinski definition) is 2. The molecule has 2 aromatic rings. The van der Waals surface area contributed by atoms with E-state index in [2.05, 4.69) is 25.9 Å². The van der Waals surface area contributed by atoms with Gasteiger partial charge in [-0.2, -0.15) is 0 Å². The summed E-state index contributed by atoms with van der Waals surface area (Å²) in [5, 5.41) is 9.17. The molecule has 0 aliphatic carbocycles. The van der Waals surface area contributed by atoms with E-state index in [9.17, 15) is 4.79 Å². The van der Waals surface area contributed by atoms with E-state index in [4.69, 9.17) is 5.11 Å². The molecule has 0 unspecified atom stereocenters. The molecule has 0 aliphatic rings. The van der Waals surface area contributed by atoms with E-state index in [1.165, 1.54) is 6.33 Å². The standard InChI is InChI=1S/C13H14BrN3O2/c14-11-12(15-9-16-13(11)19)17(6-7-18)8-10-4-2-1-3-5-10/h1-5,9,18H,6-8H2,(H,15,16,19). The number of rotatable bonds is 5. The number of benzene rings is 1. The Hall–Kier alpha value is -1.66. The van der Waals surface area contributed by atoms with Crippen LogP contribution in [0, 0.1) is 0 Å². The molecule has 2 rings (SSSR count). The fraction of sp³-hybridized carbons (Fsp3) is 0.231. The highest BCUT2D eigenvalue weighted by atomic mass is 79.9. The SMILES string of the molecule is O=c1[nH]cnc(N(CCO)Cc2ccccc2)c1Br. The van der Waals surface area contributed by atoms with Gasteiger partial charge in [0.25, 0.3) is 5.56 Å². The normalized spacial score (nSPS) is 10.4. The first-order valence-corrected chi connectivity index (χ1v) is 6.64. The van der Waals surface area contributed by atoms with E-state index in [1.54, 1.807) is 0 Å². The third-order valence-corrected chi connectivity index (χ3v) is 3.38. The zero-order chi connectivity index (χ0) is 13.7. The van der Waals surface area contributed by atoms with E-state index in [1.807, 2.05) is 35.2 Å². The maximum absolute atomic E-state index is 11.6. The highest BCUT2D eigenvalue weighted by Gasteiger charge is 2.14. The van der Waals surface area contributed by atoms with Gasteiger partial charge in [0, 0.05) is 13.1 Å². The van der Waals surface area contributed by atoms with E-state index in [0.29, 0.717) is 23.4 Å². The van der Waals surface area contributed by atoms with Crippen molar-refractivity contribution in [3.63, 3.8) is 0 Å². The summed E-state index contributed by atoms with van der Waals surface area (Å²) in [5.41, 5.74) is 0.853. The van der Waals surface area contributed by atoms with Gasteiger partial charge in [-0.15, -0.1) is 0 Å². The molecule has 0 atom stereocenters. The van der Waals surface area contributed by atoms with Gasteiger partial charge in [0.2, 0.25) is 0 Å². The molecule has 0 saturated heterocycles. The van der Waals surface area contributed by atoms with Crippen LogP contribution in [0.1, 0.15) is 5.56 Å². The zero-order valence-electron chi connectivity index (χ0n) is 10.2. The molecule has 5 nitrogen and oxygen atoms in total. The number of nitrogens with zero attached hydrogens (tertiary/aromatic N) is 2. The first-order valence-electron chi connectivity index (χ1n) is 5.85.